The summed E-state index contributed by atoms with van der Waals surface area (Å²) in [7, 11) is 1.55. The second-order valence-electron chi connectivity index (χ2n) is 9.54. The van der Waals surface area contributed by atoms with E-state index in [1.807, 2.05) is 36.4 Å². The highest BCUT2D eigenvalue weighted by Gasteiger charge is 2.26. The van der Waals surface area contributed by atoms with Crippen molar-refractivity contribution < 1.29 is 20.1 Å². The van der Waals surface area contributed by atoms with Crippen LogP contribution in [0.15, 0.2) is 103 Å². The minimum Gasteiger partial charge on any atom is -0.508 e. The van der Waals surface area contributed by atoms with Crippen LogP contribution in [0.5, 0.6) is 23.0 Å². The summed E-state index contributed by atoms with van der Waals surface area (Å²) < 4.78 is 5.51. The number of methoxy groups -OCH3 is 1. The topological polar surface area (TPSA) is 69.9 Å². The molecule has 4 nitrogen and oxygen atoms in total. The van der Waals surface area contributed by atoms with Gasteiger partial charge in [0.25, 0.3) is 0 Å². The maximum absolute atomic E-state index is 10.4. The van der Waals surface area contributed by atoms with Crippen LogP contribution in [0.2, 0.25) is 0 Å². The Morgan fingerprint density at radius 3 is 1.50 bits per heavy atom. The molecule has 0 aliphatic rings. The maximum atomic E-state index is 10.4. The molecule has 0 radical (unpaired) electrons. The zero-order chi connectivity index (χ0) is 26.8. The quantitative estimate of drug-likeness (QED) is 0.206. The van der Waals surface area contributed by atoms with Gasteiger partial charge >= 0.3 is 0 Å². The Labute approximate surface area is 223 Å². The maximum Gasteiger partial charge on any atom is 0.160 e. The van der Waals surface area contributed by atoms with Gasteiger partial charge in [-0.1, -0.05) is 66.7 Å². The van der Waals surface area contributed by atoms with Gasteiger partial charge in [0.2, 0.25) is 0 Å². The fourth-order valence-electron chi connectivity index (χ4n) is 5.31. The van der Waals surface area contributed by atoms with Crippen LogP contribution in [-0.2, 0) is 0 Å². The van der Waals surface area contributed by atoms with Crippen molar-refractivity contribution in [2.75, 3.05) is 7.11 Å². The third-order valence-corrected chi connectivity index (χ3v) is 7.08. The van der Waals surface area contributed by atoms with E-state index in [0.717, 1.165) is 50.1 Å². The second-order valence-corrected chi connectivity index (χ2v) is 9.54. The molecule has 4 heteroatoms. The van der Waals surface area contributed by atoms with Crippen molar-refractivity contribution >= 4 is 0 Å². The van der Waals surface area contributed by atoms with Crippen LogP contribution >= 0.6 is 0 Å². The standard InChI is InChI=1S/C34H30O4/c1-21-6-4-8-28(32(21)23-10-15-26(35)16-11-23)34(25-14-19-30(37)31(20-25)38-3)29-9-5-7-22(2)33(29)24-12-17-27(36)18-13-24/h4-20,34-37H,1-3H3. The first-order valence-corrected chi connectivity index (χ1v) is 12.5. The van der Waals surface area contributed by atoms with Gasteiger partial charge in [0.15, 0.2) is 11.5 Å². The summed E-state index contributed by atoms with van der Waals surface area (Å²) in [6.07, 6.45) is 0. The highest BCUT2D eigenvalue weighted by atomic mass is 16.5. The highest BCUT2D eigenvalue weighted by Crippen LogP contribution is 2.45. The van der Waals surface area contributed by atoms with Crippen molar-refractivity contribution in [3.63, 3.8) is 0 Å². The van der Waals surface area contributed by atoms with E-state index in [1.165, 1.54) is 0 Å². The van der Waals surface area contributed by atoms with Gasteiger partial charge in [0.1, 0.15) is 11.5 Å². The van der Waals surface area contributed by atoms with Crippen molar-refractivity contribution in [3.05, 3.63) is 131 Å². The van der Waals surface area contributed by atoms with Crippen LogP contribution in [0, 0.1) is 13.8 Å². The molecular weight excluding hydrogens is 472 g/mol. The third-order valence-electron chi connectivity index (χ3n) is 7.08. The Kier molecular flexibility index (Phi) is 6.80. The molecule has 0 amide bonds. The summed E-state index contributed by atoms with van der Waals surface area (Å²) >= 11 is 0. The first kappa shape index (κ1) is 25.0. The van der Waals surface area contributed by atoms with E-state index >= 15 is 0 Å². The molecule has 38 heavy (non-hydrogen) atoms. The lowest BCUT2D eigenvalue weighted by atomic mass is 9.77. The summed E-state index contributed by atoms with van der Waals surface area (Å²) in [5.41, 5.74) is 9.56. The molecule has 5 aromatic carbocycles. The fourth-order valence-corrected chi connectivity index (χ4v) is 5.31. The Morgan fingerprint density at radius 2 is 1.05 bits per heavy atom. The first-order valence-electron chi connectivity index (χ1n) is 12.5. The average Bonchev–Trinajstić information content (AvgIpc) is 2.91. The molecule has 0 fully saturated rings. The number of hydrogen-bond acceptors (Lipinski definition) is 4. The molecule has 5 aromatic rings. The van der Waals surface area contributed by atoms with Gasteiger partial charge in [0, 0.05) is 5.92 Å². The molecule has 0 saturated heterocycles. The van der Waals surface area contributed by atoms with Crippen molar-refractivity contribution in [2.45, 2.75) is 19.8 Å². The van der Waals surface area contributed by atoms with E-state index in [0.29, 0.717) is 5.75 Å². The Morgan fingerprint density at radius 1 is 0.579 bits per heavy atom. The van der Waals surface area contributed by atoms with Gasteiger partial charge in [-0.25, -0.2) is 0 Å². The monoisotopic (exact) mass is 502 g/mol. The van der Waals surface area contributed by atoms with E-state index in [4.69, 9.17) is 4.74 Å². The zero-order valence-electron chi connectivity index (χ0n) is 21.6. The minimum absolute atomic E-state index is 0.0843. The lowest BCUT2D eigenvalue weighted by Gasteiger charge is -2.27. The molecule has 0 saturated carbocycles. The van der Waals surface area contributed by atoms with Gasteiger partial charge in [-0.2, -0.15) is 0 Å². The fraction of sp³-hybridized carbons (Fsp3) is 0.118. The number of benzene rings is 5. The van der Waals surface area contributed by atoms with E-state index in [-0.39, 0.29) is 23.2 Å². The van der Waals surface area contributed by atoms with Gasteiger partial charge in [0.05, 0.1) is 7.11 Å². The summed E-state index contributed by atoms with van der Waals surface area (Å²) in [4.78, 5) is 0. The van der Waals surface area contributed by atoms with Crippen LogP contribution in [0.25, 0.3) is 22.3 Å². The zero-order valence-corrected chi connectivity index (χ0v) is 21.6. The summed E-state index contributed by atoms with van der Waals surface area (Å²) in [6, 6.07) is 32.7. The Balaban J connectivity index is 1.84. The molecule has 3 N–H and O–H groups in total. The molecule has 190 valence electrons. The predicted octanol–water partition coefficient (Wildman–Crippen LogP) is 7.94. The first-order chi connectivity index (χ1) is 18.4. The van der Waals surface area contributed by atoms with E-state index < -0.39 is 0 Å². The van der Waals surface area contributed by atoms with Crippen LogP contribution in [-0.4, -0.2) is 22.4 Å². The average molecular weight is 503 g/mol. The predicted molar refractivity (Wildman–Crippen MR) is 152 cm³/mol. The number of ether oxygens (including phenoxy) is 1. The molecule has 5 rings (SSSR count). The third kappa shape index (κ3) is 4.69. The Bertz CT molecular complexity index is 1490. The SMILES string of the molecule is COc1cc(C(c2cccc(C)c2-c2ccc(O)cc2)c2cccc(C)c2-c2ccc(O)cc2)ccc1O. The van der Waals surface area contributed by atoms with Gasteiger partial charge in [-0.3, -0.25) is 0 Å². The summed E-state index contributed by atoms with van der Waals surface area (Å²) in [5.74, 6) is 0.720. The van der Waals surface area contributed by atoms with Crippen molar-refractivity contribution in [1.82, 2.24) is 0 Å². The van der Waals surface area contributed by atoms with Gasteiger partial charge in [-0.15, -0.1) is 0 Å². The van der Waals surface area contributed by atoms with E-state index in [1.54, 1.807) is 37.4 Å². The highest BCUT2D eigenvalue weighted by molar-refractivity contribution is 5.78. The largest absolute Gasteiger partial charge is 0.508 e. The van der Waals surface area contributed by atoms with E-state index in [2.05, 4.69) is 50.2 Å². The smallest absolute Gasteiger partial charge is 0.160 e. The number of phenolic OH excluding ortho intramolecular Hbond substituents is 3. The van der Waals surface area contributed by atoms with Crippen molar-refractivity contribution in [2.24, 2.45) is 0 Å². The molecule has 0 aromatic heterocycles. The molecule has 0 unspecified atom stereocenters. The lowest BCUT2D eigenvalue weighted by molar-refractivity contribution is 0.373. The molecule has 0 bridgehead atoms. The molecule has 0 spiro atoms. The Hall–Kier alpha value is -4.70. The number of aromatic hydroxyl groups is 3. The lowest BCUT2D eigenvalue weighted by Crippen LogP contribution is -2.09. The minimum atomic E-state index is -0.211. The van der Waals surface area contributed by atoms with Gasteiger partial charge in [-0.05, 0) is 100 Å². The second kappa shape index (κ2) is 10.3. The molecule has 0 atom stereocenters. The van der Waals surface area contributed by atoms with Crippen molar-refractivity contribution in [1.29, 1.82) is 0 Å². The molecule has 0 aliphatic heterocycles. The summed E-state index contributed by atoms with van der Waals surface area (Å²) in [6.45, 7) is 4.19. The molecular formula is C34H30O4. The van der Waals surface area contributed by atoms with Crippen molar-refractivity contribution in [3.8, 4) is 45.3 Å². The van der Waals surface area contributed by atoms with E-state index in [9.17, 15) is 15.3 Å². The normalized spacial score (nSPS) is 11.1. The van der Waals surface area contributed by atoms with Gasteiger partial charge < -0.3 is 20.1 Å². The van der Waals surface area contributed by atoms with Crippen LogP contribution < -0.4 is 4.74 Å². The number of hydrogen-bond donors (Lipinski definition) is 3. The number of rotatable bonds is 6. The molecule has 0 aliphatic carbocycles. The molecule has 0 heterocycles. The van der Waals surface area contributed by atoms with Crippen LogP contribution in [0.4, 0.5) is 0 Å². The number of aryl methyl sites for hydroxylation is 2. The van der Waals surface area contributed by atoms with Crippen LogP contribution in [0.1, 0.15) is 33.7 Å². The van der Waals surface area contributed by atoms with Crippen LogP contribution in [0.3, 0.4) is 0 Å². The number of phenols is 3. The summed E-state index contributed by atoms with van der Waals surface area (Å²) in [5, 5.41) is 30.3.